The van der Waals surface area contributed by atoms with Crippen molar-refractivity contribution in [2.75, 3.05) is 13.2 Å². The molecule has 1 heterocycles. The first-order chi connectivity index (χ1) is 11.2. The first-order valence-electron chi connectivity index (χ1n) is 7.35. The van der Waals surface area contributed by atoms with Gasteiger partial charge in [0.25, 0.3) is 0 Å². The number of carbonyl (C=O) groups excluding carboxylic acids is 2. The van der Waals surface area contributed by atoms with E-state index in [1.165, 1.54) is 11.3 Å². The molecule has 0 unspecified atom stereocenters. The number of hydrogen-bond donors (Lipinski definition) is 1. The SMILES string of the molecule is CCOC(=O)NCCC(=O)N=c1sccn1Cc1ccccc1. The Balaban J connectivity index is 1.93. The van der Waals surface area contributed by atoms with Crippen molar-refractivity contribution in [2.24, 2.45) is 4.99 Å². The number of nitrogens with zero attached hydrogens (tertiary/aromatic N) is 2. The van der Waals surface area contributed by atoms with Crippen LogP contribution < -0.4 is 10.1 Å². The van der Waals surface area contributed by atoms with Gasteiger partial charge in [0, 0.05) is 31.1 Å². The summed E-state index contributed by atoms with van der Waals surface area (Å²) in [5.41, 5.74) is 1.14. The average molecular weight is 333 g/mol. The van der Waals surface area contributed by atoms with Crippen LogP contribution in [0.5, 0.6) is 0 Å². The van der Waals surface area contributed by atoms with Gasteiger partial charge < -0.3 is 14.6 Å². The van der Waals surface area contributed by atoms with E-state index in [0.29, 0.717) is 18.0 Å². The fourth-order valence-corrected chi connectivity index (χ4v) is 2.65. The van der Waals surface area contributed by atoms with E-state index in [0.717, 1.165) is 5.56 Å². The molecule has 0 bridgehead atoms. The third-order valence-corrected chi connectivity index (χ3v) is 3.75. The summed E-state index contributed by atoms with van der Waals surface area (Å²) >= 11 is 1.41. The van der Waals surface area contributed by atoms with Crippen molar-refractivity contribution in [3.05, 3.63) is 52.3 Å². The average Bonchev–Trinajstić information content (AvgIpc) is 2.95. The highest BCUT2D eigenvalue weighted by molar-refractivity contribution is 7.07. The van der Waals surface area contributed by atoms with E-state index in [1.807, 2.05) is 46.5 Å². The number of nitrogens with one attached hydrogen (secondary N) is 1. The highest BCUT2D eigenvalue weighted by Gasteiger charge is 2.04. The summed E-state index contributed by atoms with van der Waals surface area (Å²) in [5.74, 6) is -0.272. The molecule has 23 heavy (non-hydrogen) atoms. The molecule has 2 aromatic rings. The van der Waals surface area contributed by atoms with E-state index >= 15 is 0 Å². The van der Waals surface area contributed by atoms with Gasteiger partial charge >= 0.3 is 6.09 Å². The number of carbonyl (C=O) groups is 2. The van der Waals surface area contributed by atoms with E-state index in [9.17, 15) is 9.59 Å². The summed E-state index contributed by atoms with van der Waals surface area (Å²) in [6.45, 7) is 2.91. The Morgan fingerprint density at radius 3 is 2.83 bits per heavy atom. The maximum atomic E-state index is 11.9. The zero-order valence-corrected chi connectivity index (χ0v) is 13.7. The Hall–Kier alpha value is -2.41. The van der Waals surface area contributed by atoms with Crippen LogP contribution in [0.4, 0.5) is 4.79 Å². The van der Waals surface area contributed by atoms with Gasteiger partial charge in [0.2, 0.25) is 5.91 Å². The summed E-state index contributed by atoms with van der Waals surface area (Å²) in [4.78, 5) is 27.8. The topological polar surface area (TPSA) is 72.7 Å². The van der Waals surface area contributed by atoms with Gasteiger partial charge in [-0.05, 0) is 12.5 Å². The molecular formula is C16H19N3O3S. The van der Waals surface area contributed by atoms with Crippen molar-refractivity contribution >= 4 is 23.3 Å². The standard InChI is InChI=1S/C16H19N3O3S/c1-2-22-16(21)17-9-8-14(20)18-15-19(10-11-23-15)12-13-6-4-3-5-7-13/h3-7,10-11H,2,8-9,12H2,1H3,(H,17,21). The fourth-order valence-electron chi connectivity index (χ4n) is 1.90. The Bertz CT molecular complexity index is 707. The maximum absolute atomic E-state index is 11.9. The van der Waals surface area contributed by atoms with Crippen LogP contribution in [0.15, 0.2) is 46.9 Å². The molecule has 6 nitrogen and oxygen atoms in total. The van der Waals surface area contributed by atoms with Gasteiger partial charge in [0.15, 0.2) is 4.80 Å². The first-order valence-corrected chi connectivity index (χ1v) is 8.23. The van der Waals surface area contributed by atoms with Crippen LogP contribution in [-0.4, -0.2) is 29.7 Å². The summed E-state index contributed by atoms with van der Waals surface area (Å²) in [7, 11) is 0. The Morgan fingerprint density at radius 2 is 2.09 bits per heavy atom. The molecule has 122 valence electrons. The lowest BCUT2D eigenvalue weighted by molar-refractivity contribution is -0.117. The van der Waals surface area contributed by atoms with Crippen LogP contribution in [0.3, 0.4) is 0 Å². The molecule has 0 saturated heterocycles. The second-order valence-corrected chi connectivity index (χ2v) is 5.57. The van der Waals surface area contributed by atoms with E-state index in [4.69, 9.17) is 4.74 Å². The van der Waals surface area contributed by atoms with Gasteiger partial charge in [-0.1, -0.05) is 30.3 Å². The highest BCUT2D eigenvalue weighted by atomic mass is 32.1. The molecule has 2 amide bonds. The monoisotopic (exact) mass is 333 g/mol. The lowest BCUT2D eigenvalue weighted by Crippen LogP contribution is -2.27. The highest BCUT2D eigenvalue weighted by Crippen LogP contribution is 2.02. The van der Waals surface area contributed by atoms with Crippen LogP contribution in [0.25, 0.3) is 0 Å². The molecule has 1 aromatic carbocycles. The number of aromatic nitrogens is 1. The van der Waals surface area contributed by atoms with E-state index in [1.54, 1.807) is 6.92 Å². The van der Waals surface area contributed by atoms with Crippen molar-refractivity contribution in [2.45, 2.75) is 19.9 Å². The second-order valence-electron chi connectivity index (χ2n) is 4.70. The predicted molar refractivity (Wildman–Crippen MR) is 88.1 cm³/mol. The molecule has 2 rings (SSSR count). The normalized spacial score (nSPS) is 11.3. The summed E-state index contributed by atoms with van der Waals surface area (Å²) < 4.78 is 6.65. The smallest absolute Gasteiger partial charge is 0.407 e. The largest absolute Gasteiger partial charge is 0.450 e. The van der Waals surface area contributed by atoms with Crippen LogP contribution in [0.1, 0.15) is 18.9 Å². The zero-order valence-electron chi connectivity index (χ0n) is 12.9. The molecule has 0 radical (unpaired) electrons. The third-order valence-electron chi connectivity index (χ3n) is 2.96. The van der Waals surface area contributed by atoms with Gasteiger partial charge in [-0.3, -0.25) is 4.79 Å². The number of hydrogen-bond acceptors (Lipinski definition) is 4. The molecular weight excluding hydrogens is 314 g/mol. The molecule has 0 spiro atoms. The van der Waals surface area contributed by atoms with Gasteiger partial charge in [-0.25, -0.2) is 4.79 Å². The minimum Gasteiger partial charge on any atom is -0.450 e. The van der Waals surface area contributed by atoms with Gasteiger partial charge in [0.05, 0.1) is 6.61 Å². The molecule has 0 saturated carbocycles. The maximum Gasteiger partial charge on any atom is 0.407 e. The minimum atomic E-state index is -0.518. The summed E-state index contributed by atoms with van der Waals surface area (Å²) in [6.07, 6.45) is 1.53. The summed E-state index contributed by atoms with van der Waals surface area (Å²) in [5, 5.41) is 4.40. The Labute approximate surface area is 138 Å². The van der Waals surface area contributed by atoms with E-state index in [2.05, 4.69) is 10.3 Å². The van der Waals surface area contributed by atoms with Gasteiger partial charge in [-0.15, -0.1) is 11.3 Å². The van der Waals surface area contributed by atoms with Gasteiger partial charge in [-0.2, -0.15) is 4.99 Å². The fraction of sp³-hybridized carbons (Fsp3) is 0.312. The quantitative estimate of drug-likeness (QED) is 0.880. The minimum absolute atomic E-state index is 0.141. The van der Waals surface area contributed by atoms with Crippen molar-refractivity contribution in [3.63, 3.8) is 0 Å². The molecule has 1 aromatic heterocycles. The van der Waals surface area contributed by atoms with Crippen LogP contribution >= 0.6 is 11.3 Å². The first kappa shape index (κ1) is 17.0. The Kier molecular flexibility index (Phi) is 6.56. The lowest BCUT2D eigenvalue weighted by atomic mass is 10.2. The Morgan fingerprint density at radius 1 is 1.30 bits per heavy atom. The number of rotatable bonds is 6. The predicted octanol–water partition coefficient (Wildman–Crippen LogP) is 2.16. The van der Waals surface area contributed by atoms with Crippen LogP contribution in [-0.2, 0) is 16.1 Å². The molecule has 0 atom stereocenters. The number of thiazole rings is 1. The van der Waals surface area contributed by atoms with Crippen molar-refractivity contribution < 1.29 is 14.3 Å². The molecule has 0 aliphatic heterocycles. The van der Waals surface area contributed by atoms with Crippen molar-refractivity contribution in [3.8, 4) is 0 Å². The number of amides is 2. The summed E-state index contributed by atoms with van der Waals surface area (Å²) in [6, 6.07) is 9.97. The van der Waals surface area contributed by atoms with Crippen LogP contribution in [0, 0.1) is 0 Å². The number of alkyl carbamates (subject to hydrolysis) is 1. The molecule has 1 N–H and O–H groups in total. The van der Waals surface area contributed by atoms with E-state index < -0.39 is 6.09 Å². The molecule has 0 aliphatic carbocycles. The third kappa shape index (κ3) is 5.71. The van der Waals surface area contributed by atoms with E-state index in [-0.39, 0.29) is 18.9 Å². The number of ether oxygens (including phenoxy) is 1. The van der Waals surface area contributed by atoms with Gasteiger partial charge in [0.1, 0.15) is 0 Å². The van der Waals surface area contributed by atoms with Crippen LogP contribution in [0.2, 0.25) is 0 Å². The van der Waals surface area contributed by atoms with Crippen molar-refractivity contribution in [1.29, 1.82) is 0 Å². The molecule has 0 aliphatic rings. The molecule has 0 fully saturated rings. The number of benzene rings is 1. The second kappa shape index (κ2) is 8.89. The lowest BCUT2D eigenvalue weighted by Gasteiger charge is -2.04. The van der Waals surface area contributed by atoms with Crippen molar-refractivity contribution in [1.82, 2.24) is 9.88 Å². The zero-order chi connectivity index (χ0) is 16.5. The molecule has 7 heteroatoms.